The summed E-state index contributed by atoms with van der Waals surface area (Å²) in [4.78, 5) is 2.63. The summed E-state index contributed by atoms with van der Waals surface area (Å²) in [6.45, 7) is 11.9. The summed E-state index contributed by atoms with van der Waals surface area (Å²) >= 11 is 6.44. The van der Waals surface area contributed by atoms with E-state index in [0.717, 1.165) is 43.3 Å². The Hall–Kier alpha value is -0.580. The third kappa shape index (κ3) is 3.13. The number of halogens is 1. The third-order valence-electron chi connectivity index (χ3n) is 5.26. The Morgan fingerprint density at radius 2 is 2.00 bits per heavy atom. The fraction of sp³-hybridized carbons (Fsp3) is 0.812. The summed E-state index contributed by atoms with van der Waals surface area (Å²) in [7, 11) is 1.92. The highest BCUT2D eigenvalue weighted by atomic mass is 35.5. The van der Waals surface area contributed by atoms with Crippen molar-refractivity contribution in [2.24, 2.45) is 7.05 Å². The van der Waals surface area contributed by atoms with E-state index in [0.29, 0.717) is 6.04 Å². The maximum Gasteiger partial charge on any atom is 0.131 e. The molecule has 0 radical (unpaired) electrons. The molecule has 0 bridgehead atoms. The summed E-state index contributed by atoms with van der Waals surface area (Å²) < 4.78 is 1.78. The van der Waals surface area contributed by atoms with E-state index in [1.165, 1.54) is 12.0 Å². The number of nitrogens with one attached hydrogen (secondary N) is 1. The first-order chi connectivity index (χ1) is 9.97. The van der Waals surface area contributed by atoms with Crippen LogP contribution < -0.4 is 5.32 Å². The van der Waals surface area contributed by atoms with Crippen molar-refractivity contribution in [3.8, 4) is 0 Å². The zero-order valence-electron chi connectivity index (χ0n) is 14.0. The zero-order chi connectivity index (χ0) is 15.6. The molecule has 1 aromatic rings. The van der Waals surface area contributed by atoms with Gasteiger partial charge in [0.15, 0.2) is 0 Å². The standard InChI is InChI=1S/C16H29ClN4/c1-6-13-9-21(16(7-2,8-3)11-18-13)10-14-12(4)19-20(5)15(14)17/h13,18H,6-11H2,1-5H3. The molecule has 0 saturated carbocycles. The molecule has 0 amide bonds. The van der Waals surface area contributed by atoms with Crippen LogP contribution >= 0.6 is 11.6 Å². The van der Waals surface area contributed by atoms with Gasteiger partial charge >= 0.3 is 0 Å². The molecule has 1 saturated heterocycles. The van der Waals surface area contributed by atoms with Gasteiger partial charge in [-0.3, -0.25) is 9.58 Å². The van der Waals surface area contributed by atoms with Crippen molar-refractivity contribution in [1.29, 1.82) is 0 Å². The second kappa shape index (κ2) is 6.67. The topological polar surface area (TPSA) is 33.1 Å². The molecule has 1 atom stereocenters. The second-order valence-electron chi connectivity index (χ2n) is 6.28. The molecule has 1 aromatic heterocycles. The SMILES string of the molecule is CCC1CN(Cc2c(C)nn(C)c2Cl)C(CC)(CC)CN1. The van der Waals surface area contributed by atoms with Crippen LogP contribution in [0.5, 0.6) is 0 Å². The zero-order valence-corrected chi connectivity index (χ0v) is 14.8. The van der Waals surface area contributed by atoms with Gasteiger partial charge in [0.2, 0.25) is 0 Å². The monoisotopic (exact) mass is 312 g/mol. The number of hydrogen-bond donors (Lipinski definition) is 1. The molecule has 1 N–H and O–H groups in total. The lowest BCUT2D eigenvalue weighted by atomic mass is 9.86. The molecule has 4 nitrogen and oxygen atoms in total. The van der Waals surface area contributed by atoms with Gasteiger partial charge < -0.3 is 5.32 Å². The van der Waals surface area contributed by atoms with Crippen molar-refractivity contribution in [1.82, 2.24) is 20.0 Å². The predicted molar refractivity (Wildman–Crippen MR) is 88.8 cm³/mol. The number of aryl methyl sites for hydroxylation is 2. The summed E-state index contributed by atoms with van der Waals surface area (Å²) in [5, 5.41) is 8.95. The van der Waals surface area contributed by atoms with Crippen LogP contribution in [0.25, 0.3) is 0 Å². The molecule has 1 unspecified atom stereocenters. The summed E-state index contributed by atoms with van der Waals surface area (Å²) in [6, 6.07) is 0.576. The van der Waals surface area contributed by atoms with Crippen LogP contribution in [0.3, 0.4) is 0 Å². The van der Waals surface area contributed by atoms with Gasteiger partial charge in [-0.2, -0.15) is 5.10 Å². The van der Waals surface area contributed by atoms with E-state index in [2.05, 4.69) is 43.0 Å². The Balaban J connectivity index is 2.27. The van der Waals surface area contributed by atoms with E-state index in [1.807, 2.05) is 7.05 Å². The van der Waals surface area contributed by atoms with Gasteiger partial charge in [-0.25, -0.2) is 0 Å². The minimum Gasteiger partial charge on any atom is -0.311 e. The van der Waals surface area contributed by atoms with Crippen LogP contribution in [-0.4, -0.2) is 39.4 Å². The van der Waals surface area contributed by atoms with Crippen LogP contribution in [-0.2, 0) is 13.6 Å². The van der Waals surface area contributed by atoms with Crippen molar-refractivity contribution < 1.29 is 0 Å². The number of nitrogens with zero attached hydrogens (tertiary/aromatic N) is 3. The van der Waals surface area contributed by atoms with Crippen molar-refractivity contribution in [2.45, 2.75) is 65.1 Å². The lowest BCUT2D eigenvalue weighted by Gasteiger charge is -2.49. The first-order valence-corrected chi connectivity index (χ1v) is 8.51. The number of hydrogen-bond acceptors (Lipinski definition) is 3. The van der Waals surface area contributed by atoms with Gasteiger partial charge in [-0.1, -0.05) is 32.4 Å². The van der Waals surface area contributed by atoms with Gasteiger partial charge in [0, 0.05) is 43.8 Å². The van der Waals surface area contributed by atoms with Crippen molar-refractivity contribution in [3.63, 3.8) is 0 Å². The smallest absolute Gasteiger partial charge is 0.131 e. The van der Waals surface area contributed by atoms with Crippen LogP contribution in [0.15, 0.2) is 0 Å². The summed E-state index contributed by atoms with van der Waals surface area (Å²) in [5.74, 6) is 0. The molecule has 2 heterocycles. The average molecular weight is 313 g/mol. The number of rotatable bonds is 5. The van der Waals surface area contributed by atoms with E-state index in [9.17, 15) is 0 Å². The summed E-state index contributed by atoms with van der Waals surface area (Å²) in [5.41, 5.74) is 2.47. The first-order valence-electron chi connectivity index (χ1n) is 8.13. The van der Waals surface area contributed by atoms with Crippen LogP contribution in [0, 0.1) is 6.92 Å². The van der Waals surface area contributed by atoms with Gasteiger partial charge in [0.25, 0.3) is 0 Å². The molecular formula is C16H29ClN4. The highest BCUT2D eigenvalue weighted by Gasteiger charge is 2.39. The van der Waals surface area contributed by atoms with E-state index in [-0.39, 0.29) is 5.54 Å². The molecule has 0 aliphatic carbocycles. The van der Waals surface area contributed by atoms with Gasteiger partial charge in [-0.15, -0.1) is 0 Å². The van der Waals surface area contributed by atoms with Crippen molar-refractivity contribution in [3.05, 3.63) is 16.4 Å². The van der Waals surface area contributed by atoms with Gasteiger partial charge in [0.1, 0.15) is 5.15 Å². The third-order valence-corrected chi connectivity index (χ3v) is 5.73. The lowest BCUT2D eigenvalue weighted by Crippen LogP contribution is -2.63. The highest BCUT2D eigenvalue weighted by Crippen LogP contribution is 2.31. The molecule has 2 rings (SSSR count). The number of aromatic nitrogens is 2. The molecule has 5 heteroatoms. The maximum atomic E-state index is 6.44. The molecule has 1 aliphatic heterocycles. The fourth-order valence-electron chi connectivity index (χ4n) is 3.47. The Bertz CT molecular complexity index is 479. The normalized spacial score (nSPS) is 22.7. The van der Waals surface area contributed by atoms with Crippen LogP contribution in [0.1, 0.15) is 51.3 Å². The fourth-order valence-corrected chi connectivity index (χ4v) is 3.70. The highest BCUT2D eigenvalue weighted by molar-refractivity contribution is 6.30. The van der Waals surface area contributed by atoms with E-state index < -0.39 is 0 Å². The average Bonchev–Trinajstić information content (AvgIpc) is 2.73. The summed E-state index contributed by atoms with van der Waals surface area (Å²) in [6.07, 6.45) is 3.48. The van der Waals surface area contributed by atoms with Gasteiger partial charge in [-0.05, 0) is 26.2 Å². The van der Waals surface area contributed by atoms with Crippen LogP contribution in [0.4, 0.5) is 0 Å². The molecule has 120 valence electrons. The molecule has 21 heavy (non-hydrogen) atoms. The lowest BCUT2D eigenvalue weighted by molar-refractivity contribution is 0.0237. The molecular weight excluding hydrogens is 284 g/mol. The van der Waals surface area contributed by atoms with Crippen molar-refractivity contribution in [2.75, 3.05) is 13.1 Å². The largest absolute Gasteiger partial charge is 0.311 e. The first kappa shape index (κ1) is 16.8. The quantitative estimate of drug-likeness (QED) is 0.907. The number of piperazine rings is 1. The van der Waals surface area contributed by atoms with Crippen molar-refractivity contribution >= 4 is 11.6 Å². The molecule has 1 fully saturated rings. The Morgan fingerprint density at radius 1 is 1.33 bits per heavy atom. The predicted octanol–water partition coefficient (Wildman–Crippen LogP) is 3.12. The van der Waals surface area contributed by atoms with E-state index in [4.69, 9.17) is 11.6 Å². The molecule has 1 aliphatic rings. The van der Waals surface area contributed by atoms with E-state index >= 15 is 0 Å². The Labute approximate surface area is 133 Å². The molecule has 0 spiro atoms. The van der Waals surface area contributed by atoms with E-state index in [1.54, 1.807) is 4.68 Å². The minimum absolute atomic E-state index is 0.233. The Kier molecular flexibility index (Phi) is 5.33. The Morgan fingerprint density at radius 3 is 2.48 bits per heavy atom. The van der Waals surface area contributed by atoms with Crippen LogP contribution in [0.2, 0.25) is 5.15 Å². The minimum atomic E-state index is 0.233. The second-order valence-corrected chi connectivity index (χ2v) is 6.63. The molecule has 0 aromatic carbocycles. The maximum absolute atomic E-state index is 6.44. The van der Waals surface area contributed by atoms with Gasteiger partial charge in [0.05, 0.1) is 5.69 Å².